The number of nitrogens with zero attached hydrogens (tertiary/aromatic N) is 1. The second-order valence-electron chi connectivity index (χ2n) is 5.93. The van der Waals surface area contributed by atoms with Gasteiger partial charge in [-0.05, 0) is 65.5 Å². The van der Waals surface area contributed by atoms with Crippen molar-refractivity contribution in [2.75, 3.05) is 13.1 Å². The second kappa shape index (κ2) is 6.00. The lowest BCUT2D eigenvalue weighted by molar-refractivity contribution is 0.0756. The van der Waals surface area contributed by atoms with Gasteiger partial charge in [-0.15, -0.1) is 0 Å². The molecule has 104 valence electrons. The Balaban J connectivity index is 2.17. The molecule has 0 atom stereocenters. The third-order valence-electron chi connectivity index (χ3n) is 3.79. The third-order valence-corrected chi connectivity index (χ3v) is 4.96. The summed E-state index contributed by atoms with van der Waals surface area (Å²) in [6.45, 7) is 6.26. The summed E-state index contributed by atoms with van der Waals surface area (Å²) >= 11 is 8.20. The maximum absolute atomic E-state index is 12.6. The Morgan fingerprint density at radius 1 is 1.32 bits per heavy atom. The number of carbonyl (C=O) groups is 1. The lowest BCUT2D eigenvalue weighted by Gasteiger charge is -2.23. The van der Waals surface area contributed by atoms with E-state index in [1.54, 1.807) is 6.07 Å². The van der Waals surface area contributed by atoms with E-state index in [2.05, 4.69) is 36.4 Å². The summed E-state index contributed by atoms with van der Waals surface area (Å²) in [6, 6.07) is 5.51. The number of rotatable bonds is 1. The van der Waals surface area contributed by atoms with Crippen molar-refractivity contribution in [2.45, 2.75) is 33.1 Å². The maximum Gasteiger partial charge on any atom is 0.254 e. The molecule has 0 radical (unpaired) electrons. The van der Waals surface area contributed by atoms with Crippen molar-refractivity contribution in [3.8, 4) is 0 Å². The van der Waals surface area contributed by atoms with Crippen LogP contribution in [-0.4, -0.2) is 23.9 Å². The SMILES string of the molecule is CC1(C)CCCN(C(=O)c2cc(Cl)ccc2I)CC1. The van der Waals surface area contributed by atoms with Crippen LogP contribution in [0.25, 0.3) is 0 Å². The highest BCUT2D eigenvalue weighted by atomic mass is 127. The van der Waals surface area contributed by atoms with E-state index in [0.29, 0.717) is 10.4 Å². The summed E-state index contributed by atoms with van der Waals surface area (Å²) in [5.41, 5.74) is 1.07. The lowest BCUT2D eigenvalue weighted by atomic mass is 9.85. The highest BCUT2D eigenvalue weighted by Gasteiger charge is 2.26. The Labute approximate surface area is 133 Å². The van der Waals surface area contributed by atoms with Crippen LogP contribution in [0.2, 0.25) is 5.02 Å². The van der Waals surface area contributed by atoms with Gasteiger partial charge in [-0.25, -0.2) is 0 Å². The third kappa shape index (κ3) is 3.85. The van der Waals surface area contributed by atoms with Crippen molar-refractivity contribution in [2.24, 2.45) is 5.41 Å². The van der Waals surface area contributed by atoms with Crippen LogP contribution in [0.3, 0.4) is 0 Å². The monoisotopic (exact) mass is 391 g/mol. The van der Waals surface area contributed by atoms with Gasteiger partial charge in [0.15, 0.2) is 0 Å². The minimum Gasteiger partial charge on any atom is -0.339 e. The quantitative estimate of drug-likeness (QED) is 0.641. The van der Waals surface area contributed by atoms with Gasteiger partial charge in [-0.3, -0.25) is 4.79 Å². The first kappa shape index (κ1) is 15.1. The molecule has 19 heavy (non-hydrogen) atoms. The van der Waals surface area contributed by atoms with E-state index >= 15 is 0 Å². The number of likely N-dealkylation sites (tertiary alicyclic amines) is 1. The molecule has 1 aliphatic rings. The minimum atomic E-state index is 0.115. The average Bonchev–Trinajstić information content (AvgIpc) is 2.52. The summed E-state index contributed by atoms with van der Waals surface area (Å²) in [6.07, 6.45) is 3.33. The zero-order chi connectivity index (χ0) is 14.0. The van der Waals surface area contributed by atoms with Gasteiger partial charge in [0.25, 0.3) is 5.91 Å². The van der Waals surface area contributed by atoms with E-state index in [9.17, 15) is 4.79 Å². The van der Waals surface area contributed by atoms with E-state index in [0.717, 1.165) is 35.1 Å². The number of halogens is 2. The zero-order valence-electron chi connectivity index (χ0n) is 11.4. The standard InChI is InChI=1S/C15H19ClINO/c1-15(2)6-3-8-18(9-7-15)14(19)12-10-11(16)4-5-13(12)17/h4-5,10H,3,6-9H2,1-2H3. The Morgan fingerprint density at radius 3 is 2.79 bits per heavy atom. The van der Waals surface area contributed by atoms with Crippen LogP contribution in [-0.2, 0) is 0 Å². The number of amides is 1. The molecule has 4 heteroatoms. The van der Waals surface area contributed by atoms with Crippen LogP contribution in [0.4, 0.5) is 0 Å². The molecule has 0 spiro atoms. The molecule has 1 heterocycles. The fourth-order valence-electron chi connectivity index (χ4n) is 2.46. The Morgan fingerprint density at radius 2 is 2.05 bits per heavy atom. The van der Waals surface area contributed by atoms with Gasteiger partial charge in [-0.1, -0.05) is 25.4 Å². The molecule has 0 aliphatic carbocycles. The minimum absolute atomic E-state index is 0.115. The second-order valence-corrected chi connectivity index (χ2v) is 7.53. The van der Waals surface area contributed by atoms with Crippen LogP contribution in [0.1, 0.15) is 43.5 Å². The van der Waals surface area contributed by atoms with Gasteiger partial charge >= 0.3 is 0 Å². The van der Waals surface area contributed by atoms with Gasteiger partial charge < -0.3 is 4.90 Å². The number of hydrogen-bond acceptors (Lipinski definition) is 1. The molecule has 1 aromatic rings. The first-order valence-electron chi connectivity index (χ1n) is 6.63. The molecule has 1 aliphatic heterocycles. The predicted octanol–water partition coefficient (Wildman–Crippen LogP) is 4.60. The average molecular weight is 392 g/mol. The van der Waals surface area contributed by atoms with Gasteiger partial charge in [0.05, 0.1) is 5.56 Å². The molecule has 1 saturated heterocycles. The van der Waals surface area contributed by atoms with Crippen LogP contribution >= 0.6 is 34.2 Å². The van der Waals surface area contributed by atoms with Crippen molar-refractivity contribution in [3.63, 3.8) is 0 Å². The Hall–Kier alpha value is -0.290. The molecule has 0 unspecified atom stereocenters. The van der Waals surface area contributed by atoms with Gasteiger partial charge in [0.2, 0.25) is 0 Å². The molecule has 0 N–H and O–H groups in total. The first-order valence-corrected chi connectivity index (χ1v) is 8.09. The molecular weight excluding hydrogens is 373 g/mol. The summed E-state index contributed by atoms with van der Waals surface area (Å²) in [4.78, 5) is 14.6. The summed E-state index contributed by atoms with van der Waals surface area (Å²) in [5, 5.41) is 0.624. The smallest absolute Gasteiger partial charge is 0.254 e. The molecule has 1 amide bonds. The number of hydrogen-bond donors (Lipinski definition) is 0. The van der Waals surface area contributed by atoms with Crippen LogP contribution in [0.5, 0.6) is 0 Å². The molecule has 0 bridgehead atoms. The van der Waals surface area contributed by atoms with Gasteiger partial charge in [0, 0.05) is 21.7 Å². The molecule has 0 saturated carbocycles. The number of benzene rings is 1. The van der Waals surface area contributed by atoms with E-state index in [-0.39, 0.29) is 5.91 Å². The van der Waals surface area contributed by atoms with Gasteiger partial charge in [-0.2, -0.15) is 0 Å². The van der Waals surface area contributed by atoms with E-state index in [1.807, 2.05) is 17.0 Å². The van der Waals surface area contributed by atoms with Crippen molar-refractivity contribution >= 4 is 40.1 Å². The molecule has 0 aromatic heterocycles. The fraction of sp³-hybridized carbons (Fsp3) is 0.533. The van der Waals surface area contributed by atoms with Crippen molar-refractivity contribution in [1.29, 1.82) is 0 Å². The lowest BCUT2D eigenvalue weighted by Crippen LogP contribution is -2.32. The molecule has 2 rings (SSSR count). The summed E-state index contributed by atoms with van der Waals surface area (Å²) < 4.78 is 0.968. The van der Waals surface area contributed by atoms with E-state index in [1.165, 1.54) is 6.42 Å². The largest absolute Gasteiger partial charge is 0.339 e. The van der Waals surface area contributed by atoms with E-state index in [4.69, 9.17) is 11.6 Å². The van der Waals surface area contributed by atoms with Gasteiger partial charge in [0.1, 0.15) is 0 Å². The topological polar surface area (TPSA) is 20.3 Å². The Bertz CT molecular complexity index is 487. The van der Waals surface area contributed by atoms with Crippen LogP contribution in [0.15, 0.2) is 18.2 Å². The van der Waals surface area contributed by atoms with Crippen molar-refractivity contribution in [3.05, 3.63) is 32.4 Å². The first-order chi connectivity index (χ1) is 8.89. The normalized spacial score (nSPS) is 19.1. The van der Waals surface area contributed by atoms with Crippen molar-refractivity contribution < 1.29 is 4.79 Å². The Kier molecular flexibility index (Phi) is 4.77. The molecule has 1 aromatic carbocycles. The fourth-order valence-corrected chi connectivity index (χ4v) is 3.20. The summed E-state index contributed by atoms with van der Waals surface area (Å²) in [5.74, 6) is 0.115. The number of carbonyl (C=O) groups excluding carboxylic acids is 1. The van der Waals surface area contributed by atoms with Crippen LogP contribution < -0.4 is 0 Å². The molecule has 2 nitrogen and oxygen atoms in total. The van der Waals surface area contributed by atoms with Crippen LogP contribution in [0, 0.1) is 8.99 Å². The molecular formula is C15H19ClINO. The summed E-state index contributed by atoms with van der Waals surface area (Å²) in [7, 11) is 0. The van der Waals surface area contributed by atoms with E-state index < -0.39 is 0 Å². The zero-order valence-corrected chi connectivity index (χ0v) is 14.3. The molecule has 1 fully saturated rings. The highest BCUT2D eigenvalue weighted by molar-refractivity contribution is 14.1. The highest BCUT2D eigenvalue weighted by Crippen LogP contribution is 2.30. The van der Waals surface area contributed by atoms with Crippen molar-refractivity contribution in [1.82, 2.24) is 4.90 Å². The predicted molar refractivity (Wildman–Crippen MR) is 87.7 cm³/mol. The maximum atomic E-state index is 12.6.